The zero-order valence-electron chi connectivity index (χ0n) is 16.4. The van der Waals surface area contributed by atoms with Gasteiger partial charge < -0.3 is 5.32 Å². The maximum atomic E-state index is 13.2. The number of carbonyl (C=O) groups is 1. The summed E-state index contributed by atoms with van der Waals surface area (Å²) in [6.45, 7) is 0.156. The van der Waals surface area contributed by atoms with Crippen LogP contribution in [0.5, 0.6) is 0 Å². The zero-order chi connectivity index (χ0) is 22.9. The van der Waals surface area contributed by atoms with Gasteiger partial charge >= 0.3 is 6.18 Å². The van der Waals surface area contributed by atoms with Crippen molar-refractivity contribution in [2.24, 2.45) is 0 Å². The highest BCUT2D eigenvalue weighted by Crippen LogP contribution is 2.30. The fourth-order valence-corrected chi connectivity index (χ4v) is 3.49. The van der Waals surface area contributed by atoms with E-state index in [0.717, 1.165) is 26.7 Å². The Morgan fingerprint density at radius 1 is 1.00 bits per heavy atom. The highest BCUT2D eigenvalue weighted by Gasteiger charge is 2.31. The van der Waals surface area contributed by atoms with Crippen LogP contribution >= 0.6 is 15.9 Å². The standard InChI is InChI=1S/C23H15BrF3N3O2/c24-16-10-8-14(9-11-16)13-28-21(31)20-22(32)30(19-7-2-1-6-18(19)29-20)17-5-3-4-15(12-17)23(25,26)27/h1-12H,13H2,(H,28,31). The number of nitrogens with one attached hydrogen (secondary N) is 1. The maximum absolute atomic E-state index is 13.2. The average molecular weight is 502 g/mol. The molecular formula is C23H15BrF3N3O2. The maximum Gasteiger partial charge on any atom is 0.416 e. The second-order valence-electron chi connectivity index (χ2n) is 6.95. The average Bonchev–Trinajstić information content (AvgIpc) is 2.77. The van der Waals surface area contributed by atoms with Gasteiger partial charge in [-0.15, -0.1) is 0 Å². The van der Waals surface area contributed by atoms with E-state index in [1.54, 1.807) is 36.4 Å². The molecule has 0 unspecified atom stereocenters. The Bertz CT molecular complexity index is 1370. The van der Waals surface area contributed by atoms with Gasteiger partial charge in [-0.2, -0.15) is 13.2 Å². The first-order valence-electron chi connectivity index (χ1n) is 9.46. The van der Waals surface area contributed by atoms with E-state index in [2.05, 4.69) is 26.2 Å². The number of aromatic nitrogens is 2. The SMILES string of the molecule is O=C(NCc1ccc(Br)cc1)c1nc2ccccc2n(-c2cccc(C(F)(F)F)c2)c1=O. The lowest BCUT2D eigenvalue weighted by Gasteiger charge is -2.14. The molecule has 0 saturated heterocycles. The summed E-state index contributed by atoms with van der Waals surface area (Å²) in [7, 11) is 0. The first-order chi connectivity index (χ1) is 15.2. The molecule has 1 N–H and O–H groups in total. The minimum atomic E-state index is -4.58. The van der Waals surface area contributed by atoms with Gasteiger partial charge in [0, 0.05) is 16.7 Å². The molecule has 4 rings (SSSR count). The van der Waals surface area contributed by atoms with Crippen LogP contribution in [0.1, 0.15) is 21.6 Å². The van der Waals surface area contributed by atoms with Crippen LogP contribution in [-0.2, 0) is 12.7 Å². The Labute approximate surface area is 188 Å². The van der Waals surface area contributed by atoms with Crippen LogP contribution in [0.25, 0.3) is 16.7 Å². The molecular weight excluding hydrogens is 487 g/mol. The van der Waals surface area contributed by atoms with Crippen molar-refractivity contribution >= 4 is 32.9 Å². The fourth-order valence-electron chi connectivity index (χ4n) is 3.23. The highest BCUT2D eigenvalue weighted by atomic mass is 79.9. The Kier molecular flexibility index (Phi) is 5.84. The van der Waals surface area contributed by atoms with Gasteiger partial charge in [-0.25, -0.2) is 4.98 Å². The summed E-state index contributed by atoms with van der Waals surface area (Å²) in [5, 5.41) is 2.64. The molecule has 32 heavy (non-hydrogen) atoms. The number of fused-ring (bicyclic) bond motifs is 1. The second kappa shape index (κ2) is 8.58. The van der Waals surface area contributed by atoms with Crippen molar-refractivity contribution in [1.82, 2.24) is 14.9 Å². The molecule has 0 aliphatic heterocycles. The van der Waals surface area contributed by atoms with E-state index in [9.17, 15) is 22.8 Å². The third kappa shape index (κ3) is 4.43. The molecule has 0 aliphatic rings. The van der Waals surface area contributed by atoms with Crippen molar-refractivity contribution in [3.63, 3.8) is 0 Å². The Morgan fingerprint density at radius 2 is 1.72 bits per heavy atom. The van der Waals surface area contributed by atoms with Gasteiger partial charge in [0.25, 0.3) is 11.5 Å². The Hall–Kier alpha value is -3.46. The lowest BCUT2D eigenvalue weighted by molar-refractivity contribution is -0.137. The number of nitrogens with zero attached hydrogens (tertiary/aromatic N) is 2. The highest BCUT2D eigenvalue weighted by molar-refractivity contribution is 9.10. The van der Waals surface area contributed by atoms with Crippen LogP contribution in [0.3, 0.4) is 0 Å². The molecule has 0 saturated carbocycles. The van der Waals surface area contributed by atoms with Gasteiger partial charge in [0.2, 0.25) is 0 Å². The Balaban J connectivity index is 1.79. The van der Waals surface area contributed by atoms with Crippen molar-refractivity contribution < 1.29 is 18.0 Å². The number of rotatable bonds is 4. The quantitative estimate of drug-likeness (QED) is 0.423. The molecule has 0 spiro atoms. The lowest BCUT2D eigenvalue weighted by Crippen LogP contribution is -2.34. The number of alkyl halides is 3. The van der Waals surface area contributed by atoms with Crippen LogP contribution in [0, 0.1) is 0 Å². The molecule has 0 aliphatic carbocycles. The van der Waals surface area contributed by atoms with Crippen LogP contribution < -0.4 is 10.9 Å². The van der Waals surface area contributed by atoms with Gasteiger partial charge in [0.1, 0.15) is 0 Å². The molecule has 1 heterocycles. The molecule has 0 bridgehead atoms. The summed E-state index contributed by atoms with van der Waals surface area (Å²) in [6, 6.07) is 18.1. The minimum absolute atomic E-state index is 0.00890. The van der Waals surface area contributed by atoms with Gasteiger partial charge in [-0.3, -0.25) is 14.2 Å². The van der Waals surface area contributed by atoms with Crippen LogP contribution in [0.15, 0.2) is 82.1 Å². The monoisotopic (exact) mass is 501 g/mol. The predicted octanol–water partition coefficient (Wildman–Crippen LogP) is 5.10. The second-order valence-corrected chi connectivity index (χ2v) is 7.86. The molecule has 5 nitrogen and oxygen atoms in total. The van der Waals surface area contributed by atoms with E-state index in [4.69, 9.17) is 0 Å². The van der Waals surface area contributed by atoms with Crippen molar-refractivity contribution in [3.8, 4) is 5.69 Å². The van der Waals surface area contributed by atoms with Gasteiger partial charge in [-0.1, -0.05) is 46.3 Å². The van der Waals surface area contributed by atoms with Crippen LogP contribution in [-0.4, -0.2) is 15.5 Å². The number of para-hydroxylation sites is 2. The summed E-state index contributed by atoms with van der Waals surface area (Å²) in [6.07, 6.45) is -4.58. The van der Waals surface area contributed by atoms with E-state index in [1.165, 1.54) is 12.1 Å². The summed E-state index contributed by atoms with van der Waals surface area (Å²) in [5.74, 6) is -0.718. The number of hydrogen-bond acceptors (Lipinski definition) is 3. The number of benzene rings is 3. The first kappa shape index (κ1) is 21.8. The third-order valence-corrected chi connectivity index (χ3v) is 5.30. The minimum Gasteiger partial charge on any atom is -0.346 e. The van der Waals surface area contributed by atoms with E-state index in [-0.39, 0.29) is 12.2 Å². The third-order valence-electron chi connectivity index (χ3n) is 4.77. The largest absolute Gasteiger partial charge is 0.416 e. The number of amides is 1. The summed E-state index contributed by atoms with van der Waals surface area (Å²) >= 11 is 3.33. The molecule has 9 heteroatoms. The lowest BCUT2D eigenvalue weighted by atomic mass is 10.1. The molecule has 0 radical (unpaired) electrons. The molecule has 3 aromatic carbocycles. The van der Waals surface area contributed by atoms with E-state index < -0.39 is 28.9 Å². The van der Waals surface area contributed by atoms with Gasteiger partial charge in [0.15, 0.2) is 5.69 Å². The first-order valence-corrected chi connectivity index (χ1v) is 10.3. The molecule has 162 valence electrons. The summed E-state index contributed by atoms with van der Waals surface area (Å²) in [4.78, 5) is 30.2. The molecule has 1 amide bonds. The zero-order valence-corrected chi connectivity index (χ0v) is 17.9. The molecule has 0 fully saturated rings. The Morgan fingerprint density at radius 3 is 2.44 bits per heavy atom. The van der Waals surface area contributed by atoms with Crippen LogP contribution in [0.2, 0.25) is 0 Å². The van der Waals surface area contributed by atoms with Crippen molar-refractivity contribution in [3.05, 3.63) is 104 Å². The molecule has 1 aromatic heterocycles. The van der Waals surface area contributed by atoms with Gasteiger partial charge in [0.05, 0.1) is 16.6 Å². The van der Waals surface area contributed by atoms with Gasteiger partial charge in [-0.05, 0) is 48.0 Å². The smallest absolute Gasteiger partial charge is 0.346 e. The fraction of sp³-hybridized carbons (Fsp3) is 0.0870. The van der Waals surface area contributed by atoms with Crippen molar-refractivity contribution in [2.45, 2.75) is 12.7 Å². The number of halogens is 4. The van der Waals surface area contributed by atoms with Crippen molar-refractivity contribution in [1.29, 1.82) is 0 Å². The topological polar surface area (TPSA) is 64.0 Å². The summed E-state index contributed by atoms with van der Waals surface area (Å²) < 4.78 is 41.6. The van der Waals surface area contributed by atoms with Crippen molar-refractivity contribution in [2.75, 3.05) is 0 Å². The summed E-state index contributed by atoms with van der Waals surface area (Å²) in [5.41, 5.74) is -0.718. The predicted molar refractivity (Wildman–Crippen MR) is 118 cm³/mol. The molecule has 4 aromatic rings. The van der Waals surface area contributed by atoms with E-state index in [0.29, 0.717) is 11.0 Å². The number of hydrogen-bond donors (Lipinski definition) is 1. The molecule has 0 atom stereocenters. The van der Waals surface area contributed by atoms with Crippen LogP contribution in [0.4, 0.5) is 13.2 Å². The van der Waals surface area contributed by atoms with E-state index >= 15 is 0 Å². The number of carbonyl (C=O) groups excluding carboxylic acids is 1. The normalized spacial score (nSPS) is 11.5. The van der Waals surface area contributed by atoms with E-state index in [1.807, 2.05) is 12.1 Å².